The predicted octanol–water partition coefficient (Wildman–Crippen LogP) is 2.04. The van der Waals surface area contributed by atoms with Crippen LogP contribution in [0.4, 0.5) is 0 Å². The van der Waals surface area contributed by atoms with Gasteiger partial charge in [-0.3, -0.25) is 4.79 Å². The maximum Gasteiger partial charge on any atom is 0.221 e. The molecule has 0 fully saturated rings. The summed E-state index contributed by atoms with van der Waals surface area (Å²) < 4.78 is 5.34. The van der Waals surface area contributed by atoms with Gasteiger partial charge in [-0.1, -0.05) is 30.3 Å². The van der Waals surface area contributed by atoms with Crippen LogP contribution in [0.15, 0.2) is 30.3 Å². The van der Waals surface area contributed by atoms with Crippen LogP contribution in [-0.4, -0.2) is 25.2 Å². The van der Waals surface area contributed by atoms with Crippen molar-refractivity contribution in [3.63, 3.8) is 0 Å². The molecule has 0 bridgehead atoms. The van der Waals surface area contributed by atoms with Gasteiger partial charge in [0.1, 0.15) is 0 Å². The smallest absolute Gasteiger partial charge is 0.221 e. The number of carbonyl (C=O) groups excluding carboxylic acids is 1. The molecule has 1 unspecified atom stereocenters. The molecule has 0 radical (unpaired) electrons. The molecule has 0 heterocycles. The second kappa shape index (κ2) is 9.78. The summed E-state index contributed by atoms with van der Waals surface area (Å²) >= 11 is 0. The number of hydrogen-bond acceptors (Lipinski definition) is 3. The molecule has 1 aromatic rings. The summed E-state index contributed by atoms with van der Waals surface area (Å²) in [6.45, 7) is 4.99. The first-order valence-corrected chi connectivity index (χ1v) is 6.28. The van der Waals surface area contributed by atoms with Gasteiger partial charge in [-0.25, -0.2) is 0 Å². The summed E-state index contributed by atoms with van der Waals surface area (Å²) in [6, 6.07) is 9.38. The van der Waals surface area contributed by atoms with E-state index in [-0.39, 0.29) is 30.5 Å². The largest absolute Gasteiger partial charge is 0.377 e. The van der Waals surface area contributed by atoms with Gasteiger partial charge < -0.3 is 15.8 Å². The molecule has 19 heavy (non-hydrogen) atoms. The first kappa shape index (κ1) is 17.9. The molecule has 108 valence electrons. The van der Waals surface area contributed by atoms with Crippen LogP contribution in [0.1, 0.15) is 31.9 Å². The Hall–Kier alpha value is -1.10. The van der Waals surface area contributed by atoms with Crippen molar-refractivity contribution < 1.29 is 9.53 Å². The third kappa shape index (κ3) is 7.82. The molecular formula is C14H23ClN2O2. The number of ether oxygens (including phenoxy) is 1. The second-order valence-electron chi connectivity index (χ2n) is 4.49. The van der Waals surface area contributed by atoms with Gasteiger partial charge in [0.25, 0.3) is 0 Å². The molecule has 0 saturated heterocycles. The minimum Gasteiger partial charge on any atom is -0.377 e. The van der Waals surface area contributed by atoms with Gasteiger partial charge in [-0.2, -0.15) is 0 Å². The number of hydrogen-bond donors (Lipinski definition) is 2. The molecule has 0 aliphatic rings. The average molecular weight is 287 g/mol. The van der Waals surface area contributed by atoms with E-state index >= 15 is 0 Å². The molecule has 0 saturated carbocycles. The molecule has 5 heteroatoms. The first-order valence-electron chi connectivity index (χ1n) is 6.28. The topological polar surface area (TPSA) is 64.3 Å². The van der Waals surface area contributed by atoms with E-state index < -0.39 is 0 Å². The summed E-state index contributed by atoms with van der Waals surface area (Å²) in [4.78, 5) is 11.6. The lowest BCUT2D eigenvalue weighted by molar-refractivity contribution is -0.121. The van der Waals surface area contributed by atoms with E-state index in [2.05, 4.69) is 5.32 Å². The minimum absolute atomic E-state index is 0. The number of nitrogens with two attached hydrogens (primary N) is 1. The van der Waals surface area contributed by atoms with Crippen LogP contribution in [0.25, 0.3) is 0 Å². The van der Waals surface area contributed by atoms with Crippen LogP contribution >= 0.6 is 12.4 Å². The van der Waals surface area contributed by atoms with Crippen molar-refractivity contribution in [2.24, 2.45) is 5.73 Å². The highest BCUT2D eigenvalue weighted by Crippen LogP contribution is 2.12. The van der Waals surface area contributed by atoms with E-state index in [0.29, 0.717) is 19.6 Å². The van der Waals surface area contributed by atoms with E-state index in [1.54, 1.807) is 0 Å². The van der Waals surface area contributed by atoms with Crippen LogP contribution in [-0.2, 0) is 9.53 Å². The fourth-order valence-corrected chi connectivity index (χ4v) is 1.58. The Labute approximate surface area is 121 Å². The minimum atomic E-state index is -0.253. The maximum absolute atomic E-state index is 11.6. The van der Waals surface area contributed by atoms with Crippen LogP contribution in [0.2, 0.25) is 0 Å². The van der Waals surface area contributed by atoms with Crippen molar-refractivity contribution in [2.45, 2.75) is 32.4 Å². The highest BCUT2D eigenvalue weighted by molar-refractivity contribution is 5.85. The third-order valence-electron chi connectivity index (χ3n) is 2.51. The normalized spacial score (nSPS) is 11.8. The quantitative estimate of drug-likeness (QED) is 0.754. The van der Waals surface area contributed by atoms with Crippen molar-refractivity contribution in [1.29, 1.82) is 0 Å². The fraction of sp³-hybridized carbons (Fsp3) is 0.500. The first-order chi connectivity index (χ1) is 8.59. The number of amides is 1. The summed E-state index contributed by atoms with van der Waals surface area (Å²) in [5.74, 6) is -0.0429. The summed E-state index contributed by atoms with van der Waals surface area (Å²) in [7, 11) is 0. The zero-order valence-electron chi connectivity index (χ0n) is 11.5. The fourth-order valence-electron chi connectivity index (χ4n) is 1.58. The molecule has 1 rings (SSSR count). The monoisotopic (exact) mass is 286 g/mol. The van der Waals surface area contributed by atoms with E-state index in [9.17, 15) is 4.79 Å². The standard InChI is InChI=1S/C14H22N2O2.ClH/c1-11(2)18-9-8-16-14(17)10-13(15)12-6-4-3-5-7-12;/h3-7,11,13H,8-10,15H2,1-2H3,(H,16,17);1H. The van der Waals surface area contributed by atoms with E-state index in [4.69, 9.17) is 10.5 Å². The van der Waals surface area contributed by atoms with Crippen LogP contribution in [0.3, 0.4) is 0 Å². The lowest BCUT2D eigenvalue weighted by Crippen LogP contribution is -2.30. The molecule has 1 amide bonds. The summed E-state index contributed by atoms with van der Waals surface area (Å²) in [6.07, 6.45) is 0.486. The van der Waals surface area contributed by atoms with E-state index in [0.717, 1.165) is 5.56 Å². The Morgan fingerprint density at radius 3 is 2.53 bits per heavy atom. The van der Waals surface area contributed by atoms with Crippen LogP contribution in [0, 0.1) is 0 Å². The van der Waals surface area contributed by atoms with Crippen molar-refractivity contribution in [3.05, 3.63) is 35.9 Å². The molecule has 3 N–H and O–H groups in total. The molecular weight excluding hydrogens is 264 g/mol. The van der Waals surface area contributed by atoms with Gasteiger partial charge in [0.15, 0.2) is 0 Å². The van der Waals surface area contributed by atoms with Gasteiger partial charge in [0.2, 0.25) is 5.91 Å². The zero-order chi connectivity index (χ0) is 13.4. The highest BCUT2D eigenvalue weighted by Gasteiger charge is 2.10. The van der Waals surface area contributed by atoms with Gasteiger partial charge in [-0.15, -0.1) is 12.4 Å². The Morgan fingerprint density at radius 1 is 1.32 bits per heavy atom. The Balaban J connectivity index is 0.00000324. The Morgan fingerprint density at radius 2 is 1.95 bits per heavy atom. The molecule has 1 aromatic carbocycles. The molecule has 0 aliphatic heterocycles. The Bertz CT molecular complexity index is 358. The van der Waals surface area contributed by atoms with E-state index in [1.165, 1.54) is 0 Å². The summed E-state index contributed by atoms with van der Waals surface area (Å²) in [5.41, 5.74) is 6.93. The van der Waals surface area contributed by atoms with Gasteiger partial charge >= 0.3 is 0 Å². The van der Waals surface area contributed by atoms with Crippen LogP contribution in [0.5, 0.6) is 0 Å². The number of carbonyl (C=O) groups is 1. The second-order valence-corrected chi connectivity index (χ2v) is 4.49. The predicted molar refractivity (Wildman–Crippen MR) is 79.3 cm³/mol. The van der Waals surface area contributed by atoms with Crippen molar-refractivity contribution >= 4 is 18.3 Å². The SMILES string of the molecule is CC(C)OCCNC(=O)CC(N)c1ccccc1.Cl. The summed E-state index contributed by atoms with van der Waals surface area (Å²) in [5, 5.41) is 2.79. The molecule has 1 atom stereocenters. The number of rotatable bonds is 7. The molecule has 0 spiro atoms. The van der Waals surface area contributed by atoms with Gasteiger partial charge in [0.05, 0.1) is 12.7 Å². The third-order valence-corrected chi connectivity index (χ3v) is 2.51. The Kier molecular flexibility index (Phi) is 9.21. The number of halogens is 1. The lowest BCUT2D eigenvalue weighted by atomic mass is 10.0. The average Bonchev–Trinajstić information content (AvgIpc) is 2.35. The highest BCUT2D eigenvalue weighted by atomic mass is 35.5. The van der Waals surface area contributed by atoms with E-state index in [1.807, 2.05) is 44.2 Å². The van der Waals surface area contributed by atoms with Crippen molar-refractivity contribution in [2.75, 3.05) is 13.2 Å². The zero-order valence-corrected chi connectivity index (χ0v) is 12.3. The number of nitrogens with one attached hydrogen (secondary N) is 1. The van der Waals surface area contributed by atoms with Gasteiger partial charge in [-0.05, 0) is 19.4 Å². The molecule has 0 aliphatic carbocycles. The van der Waals surface area contributed by atoms with Crippen molar-refractivity contribution in [1.82, 2.24) is 5.32 Å². The molecule has 0 aromatic heterocycles. The van der Waals surface area contributed by atoms with Crippen LogP contribution < -0.4 is 11.1 Å². The van der Waals surface area contributed by atoms with Gasteiger partial charge in [0, 0.05) is 19.0 Å². The number of benzene rings is 1. The maximum atomic E-state index is 11.6. The lowest BCUT2D eigenvalue weighted by Gasteiger charge is -2.12. The van der Waals surface area contributed by atoms with Crippen molar-refractivity contribution in [3.8, 4) is 0 Å². The molecule has 4 nitrogen and oxygen atoms in total.